The zero-order valence-corrected chi connectivity index (χ0v) is 11.1. The SMILES string of the molecule is CCN(CC)C(=O)CCNCc1ccn(C)c1. The van der Waals surface area contributed by atoms with Gasteiger partial charge in [-0.2, -0.15) is 0 Å². The van der Waals surface area contributed by atoms with E-state index in [2.05, 4.69) is 17.6 Å². The molecular weight excluding hydrogens is 214 g/mol. The van der Waals surface area contributed by atoms with E-state index in [0.29, 0.717) is 6.42 Å². The van der Waals surface area contributed by atoms with Crippen LogP contribution >= 0.6 is 0 Å². The van der Waals surface area contributed by atoms with Crippen LogP contribution in [0.4, 0.5) is 0 Å². The molecule has 1 N–H and O–H groups in total. The van der Waals surface area contributed by atoms with Crippen LogP contribution in [0.15, 0.2) is 18.5 Å². The summed E-state index contributed by atoms with van der Waals surface area (Å²) in [6, 6.07) is 2.08. The quantitative estimate of drug-likeness (QED) is 0.727. The molecule has 4 nitrogen and oxygen atoms in total. The monoisotopic (exact) mass is 237 g/mol. The van der Waals surface area contributed by atoms with E-state index >= 15 is 0 Å². The van der Waals surface area contributed by atoms with Gasteiger partial charge in [-0.15, -0.1) is 0 Å². The Kier molecular flexibility index (Phi) is 5.77. The summed E-state index contributed by atoms with van der Waals surface area (Å²) in [7, 11) is 2.01. The Balaban J connectivity index is 2.17. The lowest BCUT2D eigenvalue weighted by Crippen LogP contribution is -2.32. The van der Waals surface area contributed by atoms with E-state index in [-0.39, 0.29) is 5.91 Å². The van der Waals surface area contributed by atoms with Crippen LogP contribution in [0, 0.1) is 0 Å². The molecule has 0 aliphatic heterocycles. The molecule has 0 saturated carbocycles. The molecule has 0 radical (unpaired) electrons. The number of carbonyl (C=O) groups excluding carboxylic acids is 1. The van der Waals surface area contributed by atoms with E-state index in [1.807, 2.05) is 36.6 Å². The molecule has 1 aromatic heterocycles. The average Bonchev–Trinajstić information content (AvgIpc) is 2.72. The first-order valence-electron chi connectivity index (χ1n) is 6.26. The summed E-state index contributed by atoms with van der Waals surface area (Å²) in [5.41, 5.74) is 1.25. The predicted octanol–water partition coefficient (Wildman–Crippen LogP) is 1.37. The average molecular weight is 237 g/mol. The smallest absolute Gasteiger partial charge is 0.223 e. The van der Waals surface area contributed by atoms with Crippen LogP contribution in [-0.2, 0) is 18.4 Å². The zero-order valence-electron chi connectivity index (χ0n) is 11.1. The van der Waals surface area contributed by atoms with Gasteiger partial charge in [-0.25, -0.2) is 0 Å². The summed E-state index contributed by atoms with van der Waals surface area (Å²) in [5.74, 6) is 0.232. The molecule has 0 spiro atoms. The Bertz CT molecular complexity index is 342. The Labute approximate surface area is 104 Å². The zero-order chi connectivity index (χ0) is 12.7. The minimum Gasteiger partial charge on any atom is -0.357 e. The summed E-state index contributed by atoms with van der Waals surface area (Å²) >= 11 is 0. The first-order chi connectivity index (χ1) is 8.17. The van der Waals surface area contributed by atoms with Gasteiger partial charge >= 0.3 is 0 Å². The molecule has 0 unspecified atom stereocenters. The van der Waals surface area contributed by atoms with Crippen LogP contribution in [0.25, 0.3) is 0 Å². The topological polar surface area (TPSA) is 37.3 Å². The number of carbonyl (C=O) groups is 1. The molecule has 1 heterocycles. The van der Waals surface area contributed by atoms with Crippen LogP contribution in [0.1, 0.15) is 25.8 Å². The van der Waals surface area contributed by atoms with Crippen LogP contribution in [0.5, 0.6) is 0 Å². The summed E-state index contributed by atoms with van der Waals surface area (Å²) in [4.78, 5) is 13.6. The van der Waals surface area contributed by atoms with Crippen molar-refractivity contribution in [2.75, 3.05) is 19.6 Å². The molecule has 0 atom stereocenters. The highest BCUT2D eigenvalue weighted by Crippen LogP contribution is 1.99. The lowest BCUT2D eigenvalue weighted by Gasteiger charge is -2.18. The maximum Gasteiger partial charge on any atom is 0.223 e. The van der Waals surface area contributed by atoms with Crippen molar-refractivity contribution in [2.45, 2.75) is 26.8 Å². The fraction of sp³-hybridized carbons (Fsp3) is 0.615. The van der Waals surface area contributed by atoms with Gasteiger partial charge < -0.3 is 14.8 Å². The number of amides is 1. The largest absolute Gasteiger partial charge is 0.357 e. The van der Waals surface area contributed by atoms with Gasteiger partial charge in [0, 0.05) is 52.0 Å². The highest BCUT2D eigenvalue weighted by atomic mass is 16.2. The standard InChI is InChI=1S/C13H23N3O/c1-4-16(5-2)13(17)6-8-14-10-12-7-9-15(3)11-12/h7,9,11,14H,4-6,8,10H2,1-3H3. The third-order valence-electron chi connectivity index (χ3n) is 2.85. The predicted molar refractivity (Wildman–Crippen MR) is 69.7 cm³/mol. The summed E-state index contributed by atoms with van der Waals surface area (Å²) in [5, 5.41) is 3.29. The van der Waals surface area contributed by atoms with Gasteiger partial charge in [-0.1, -0.05) is 0 Å². The van der Waals surface area contributed by atoms with Crippen molar-refractivity contribution in [1.29, 1.82) is 0 Å². The van der Waals surface area contributed by atoms with Gasteiger partial charge in [0.2, 0.25) is 5.91 Å². The van der Waals surface area contributed by atoms with Crippen molar-refractivity contribution in [3.8, 4) is 0 Å². The molecule has 17 heavy (non-hydrogen) atoms. The van der Waals surface area contributed by atoms with Crippen molar-refractivity contribution in [3.05, 3.63) is 24.0 Å². The van der Waals surface area contributed by atoms with E-state index in [9.17, 15) is 4.79 Å². The second-order valence-corrected chi connectivity index (χ2v) is 4.18. The van der Waals surface area contributed by atoms with Crippen molar-refractivity contribution < 1.29 is 4.79 Å². The molecule has 0 saturated heterocycles. The number of rotatable bonds is 7. The Morgan fingerprint density at radius 3 is 2.65 bits per heavy atom. The van der Waals surface area contributed by atoms with Crippen LogP contribution < -0.4 is 5.32 Å². The first-order valence-corrected chi connectivity index (χ1v) is 6.26. The van der Waals surface area contributed by atoms with Gasteiger partial charge in [0.05, 0.1) is 0 Å². The Morgan fingerprint density at radius 1 is 1.41 bits per heavy atom. The first kappa shape index (κ1) is 13.8. The molecule has 0 aromatic carbocycles. The van der Waals surface area contributed by atoms with E-state index in [1.165, 1.54) is 5.56 Å². The van der Waals surface area contributed by atoms with Gasteiger partial charge in [-0.05, 0) is 25.5 Å². The highest BCUT2D eigenvalue weighted by Gasteiger charge is 2.08. The van der Waals surface area contributed by atoms with Crippen molar-refractivity contribution in [1.82, 2.24) is 14.8 Å². The maximum absolute atomic E-state index is 11.7. The number of aromatic nitrogens is 1. The number of hydrogen-bond acceptors (Lipinski definition) is 2. The number of aryl methyl sites for hydroxylation is 1. The Morgan fingerprint density at radius 2 is 2.12 bits per heavy atom. The normalized spacial score (nSPS) is 10.5. The van der Waals surface area contributed by atoms with Crippen molar-refractivity contribution >= 4 is 5.91 Å². The number of nitrogens with one attached hydrogen (secondary N) is 1. The second-order valence-electron chi connectivity index (χ2n) is 4.18. The Hall–Kier alpha value is -1.29. The van der Waals surface area contributed by atoms with E-state index in [0.717, 1.165) is 26.2 Å². The second kappa shape index (κ2) is 7.12. The minimum atomic E-state index is 0.232. The van der Waals surface area contributed by atoms with Crippen LogP contribution in [-0.4, -0.2) is 35.0 Å². The molecule has 0 aliphatic rings. The van der Waals surface area contributed by atoms with Gasteiger partial charge in [0.15, 0.2) is 0 Å². The van der Waals surface area contributed by atoms with E-state index in [4.69, 9.17) is 0 Å². The fourth-order valence-electron chi connectivity index (χ4n) is 1.83. The van der Waals surface area contributed by atoms with Crippen molar-refractivity contribution in [3.63, 3.8) is 0 Å². The third-order valence-corrected chi connectivity index (χ3v) is 2.85. The van der Waals surface area contributed by atoms with E-state index in [1.54, 1.807) is 0 Å². The molecular formula is C13H23N3O. The molecule has 0 bridgehead atoms. The molecule has 1 aromatic rings. The summed E-state index contributed by atoms with van der Waals surface area (Å²) in [6.07, 6.45) is 4.69. The minimum absolute atomic E-state index is 0.232. The maximum atomic E-state index is 11.7. The molecule has 0 fully saturated rings. The number of hydrogen-bond donors (Lipinski definition) is 1. The van der Waals surface area contributed by atoms with Crippen molar-refractivity contribution in [2.24, 2.45) is 7.05 Å². The van der Waals surface area contributed by atoms with Gasteiger partial charge in [0.1, 0.15) is 0 Å². The third kappa shape index (κ3) is 4.61. The fourth-order valence-corrected chi connectivity index (χ4v) is 1.83. The van der Waals surface area contributed by atoms with E-state index < -0.39 is 0 Å². The molecule has 0 aliphatic carbocycles. The summed E-state index contributed by atoms with van der Waals surface area (Å²) < 4.78 is 2.03. The lowest BCUT2D eigenvalue weighted by molar-refractivity contribution is -0.130. The van der Waals surface area contributed by atoms with Gasteiger partial charge in [0.25, 0.3) is 0 Å². The van der Waals surface area contributed by atoms with Crippen LogP contribution in [0.2, 0.25) is 0 Å². The highest BCUT2D eigenvalue weighted by molar-refractivity contribution is 5.76. The lowest BCUT2D eigenvalue weighted by atomic mass is 10.3. The molecule has 4 heteroatoms. The molecule has 1 rings (SSSR count). The summed E-state index contributed by atoms with van der Waals surface area (Å²) in [6.45, 7) is 7.19. The van der Waals surface area contributed by atoms with Gasteiger partial charge in [-0.3, -0.25) is 4.79 Å². The molecule has 96 valence electrons. The number of nitrogens with zero attached hydrogens (tertiary/aromatic N) is 2. The van der Waals surface area contributed by atoms with Crippen LogP contribution in [0.3, 0.4) is 0 Å². The molecule has 1 amide bonds.